The van der Waals surface area contributed by atoms with Gasteiger partial charge in [-0.25, -0.2) is 0 Å². The number of methoxy groups -OCH3 is 2. The van der Waals surface area contributed by atoms with Crippen molar-refractivity contribution in [2.24, 2.45) is 0 Å². The van der Waals surface area contributed by atoms with Crippen LogP contribution >= 0.6 is 0 Å². The minimum absolute atomic E-state index is 0.612. The third-order valence-corrected chi connectivity index (χ3v) is 3.13. The molecule has 0 amide bonds. The molecule has 18 heavy (non-hydrogen) atoms. The van der Waals surface area contributed by atoms with Gasteiger partial charge in [-0.2, -0.15) is 0 Å². The van der Waals surface area contributed by atoms with Crippen LogP contribution in [-0.2, 0) is 0 Å². The summed E-state index contributed by atoms with van der Waals surface area (Å²) in [5.41, 5.74) is 1.10. The van der Waals surface area contributed by atoms with Crippen molar-refractivity contribution < 1.29 is 14.2 Å². The zero-order chi connectivity index (χ0) is 12.5. The molecular weight excluding hydrogens is 228 g/mol. The molecule has 0 aliphatic carbocycles. The predicted molar refractivity (Wildman–Crippen MR) is 71.6 cm³/mol. The molecule has 3 rings (SSSR count). The number of benzene rings is 2. The molecule has 0 fully saturated rings. The highest BCUT2D eigenvalue weighted by atomic mass is 16.5. The van der Waals surface area contributed by atoms with Gasteiger partial charge in [-0.3, -0.25) is 0 Å². The van der Waals surface area contributed by atoms with Gasteiger partial charge in [0.2, 0.25) is 0 Å². The van der Waals surface area contributed by atoms with E-state index in [1.54, 1.807) is 14.2 Å². The van der Waals surface area contributed by atoms with Crippen LogP contribution in [0.1, 0.15) is 5.56 Å². The lowest BCUT2D eigenvalue weighted by Crippen LogP contribution is -2.01. The molecule has 0 radical (unpaired) electrons. The highest BCUT2D eigenvalue weighted by Crippen LogP contribution is 2.39. The van der Waals surface area contributed by atoms with E-state index in [-0.39, 0.29) is 0 Å². The molecule has 0 spiro atoms. The molecule has 0 aromatic heterocycles. The fraction of sp³-hybridized carbons (Fsp3) is 0.200. The maximum atomic E-state index is 5.73. The fourth-order valence-electron chi connectivity index (χ4n) is 2.24. The summed E-state index contributed by atoms with van der Waals surface area (Å²) >= 11 is 0. The van der Waals surface area contributed by atoms with E-state index in [0.717, 1.165) is 33.6 Å². The molecular formula is C15H14O3. The Balaban J connectivity index is 2.31. The van der Waals surface area contributed by atoms with Gasteiger partial charge in [0.15, 0.2) is 11.5 Å². The molecule has 0 atom stereocenters. The molecule has 0 saturated carbocycles. The first-order chi connectivity index (χ1) is 8.83. The van der Waals surface area contributed by atoms with E-state index in [1.807, 2.05) is 18.2 Å². The Bertz CT molecular complexity index is 629. The number of fused-ring (bicyclic) bond motifs is 3. The zero-order valence-corrected chi connectivity index (χ0v) is 10.4. The summed E-state index contributed by atoms with van der Waals surface area (Å²) in [4.78, 5) is 0. The molecule has 0 bridgehead atoms. The molecule has 1 heterocycles. The summed E-state index contributed by atoms with van der Waals surface area (Å²) in [6.07, 6.45) is 4.09. The van der Waals surface area contributed by atoms with Crippen LogP contribution in [0.2, 0.25) is 0 Å². The Kier molecular flexibility index (Phi) is 2.59. The van der Waals surface area contributed by atoms with Crippen LogP contribution in [-0.4, -0.2) is 20.8 Å². The summed E-state index contributed by atoms with van der Waals surface area (Å²) in [6, 6.07) is 8.05. The molecule has 1 aliphatic heterocycles. The van der Waals surface area contributed by atoms with Crippen molar-refractivity contribution in [3.63, 3.8) is 0 Å². The minimum atomic E-state index is 0.612. The third kappa shape index (κ3) is 1.59. The monoisotopic (exact) mass is 242 g/mol. The van der Waals surface area contributed by atoms with Crippen LogP contribution in [0.5, 0.6) is 17.2 Å². The van der Waals surface area contributed by atoms with Gasteiger partial charge in [-0.1, -0.05) is 18.2 Å². The summed E-state index contributed by atoms with van der Waals surface area (Å²) < 4.78 is 16.4. The second-order valence-corrected chi connectivity index (χ2v) is 4.13. The van der Waals surface area contributed by atoms with E-state index in [0.29, 0.717) is 6.61 Å². The van der Waals surface area contributed by atoms with E-state index >= 15 is 0 Å². The van der Waals surface area contributed by atoms with Crippen LogP contribution in [0.15, 0.2) is 30.3 Å². The first kappa shape index (κ1) is 11.0. The van der Waals surface area contributed by atoms with Crippen LogP contribution in [0.4, 0.5) is 0 Å². The SMILES string of the molecule is COc1cc2ccc3c(c2cc1OC)OCC=C3. The summed E-state index contributed by atoms with van der Waals surface area (Å²) in [5.74, 6) is 2.36. The van der Waals surface area contributed by atoms with Gasteiger partial charge in [0.05, 0.1) is 14.2 Å². The second-order valence-electron chi connectivity index (χ2n) is 4.13. The summed E-state index contributed by atoms with van der Waals surface area (Å²) in [5, 5.41) is 2.14. The van der Waals surface area contributed by atoms with Crippen molar-refractivity contribution in [1.29, 1.82) is 0 Å². The summed E-state index contributed by atoms with van der Waals surface area (Å²) in [7, 11) is 3.28. The smallest absolute Gasteiger partial charge is 0.161 e. The lowest BCUT2D eigenvalue weighted by atomic mass is 10.0. The third-order valence-electron chi connectivity index (χ3n) is 3.13. The Morgan fingerprint density at radius 2 is 1.83 bits per heavy atom. The number of hydrogen-bond donors (Lipinski definition) is 0. The molecule has 3 nitrogen and oxygen atoms in total. The normalized spacial score (nSPS) is 13.0. The van der Waals surface area contributed by atoms with Crippen molar-refractivity contribution in [2.45, 2.75) is 0 Å². The Labute approximate surface area is 106 Å². The van der Waals surface area contributed by atoms with Crippen molar-refractivity contribution in [3.8, 4) is 17.2 Å². The Morgan fingerprint density at radius 3 is 2.61 bits per heavy atom. The van der Waals surface area contributed by atoms with E-state index in [9.17, 15) is 0 Å². The molecule has 0 saturated heterocycles. The molecule has 92 valence electrons. The number of rotatable bonds is 2. The highest BCUT2D eigenvalue weighted by molar-refractivity contribution is 5.94. The van der Waals surface area contributed by atoms with E-state index in [1.165, 1.54) is 0 Å². The van der Waals surface area contributed by atoms with Crippen molar-refractivity contribution >= 4 is 16.8 Å². The van der Waals surface area contributed by atoms with Crippen molar-refractivity contribution in [3.05, 3.63) is 35.9 Å². The van der Waals surface area contributed by atoms with E-state index in [2.05, 4.69) is 18.2 Å². The Hall–Kier alpha value is -2.16. The standard InChI is InChI=1S/C15H14O3/c1-16-13-8-11-6-5-10-4-3-7-18-15(10)12(11)9-14(13)17-2/h3-6,8-9H,7H2,1-2H3. The van der Waals surface area contributed by atoms with Crippen LogP contribution in [0.3, 0.4) is 0 Å². The lowest BCUT2D eigenvalue weighted by Gasteiger charge is -2.16. The van der Waals surface area contributed by atoms with E-state index < -0.39 is 0 Å². The van der Waals surface area contributed by atoms with Gasteiger partial charge in [0.25, 0.3) is 0 Å². The zero-order valence-electron chi connectivity index (χ0n) is 10.4. The highest BCUT2D eigenvalue weighted by Gasteiger charge is 2.13. The van der Waals surface area contributed by atoms with Gasteiger partial charge in [0, 0.05) is 10.9 Å². The van der Waals surface area contributed by atoms with Gasteiger partial charge in [-0.15, -0.1) is 0 Å². The first-order valence-corrected chi connectivity index (χ1v) is 5.81. The predicted octanol–water partition coefficient (Wildman–Crippen LogP) is 3.26. The second kappa shape index (κ2) is 4.26. The Morgan fingerprint density at radius 1 is 1.06 bits per heavy atom. The average molecular weight is 242 g/mol. The first-order valence-electron chi connectivity index (χ1n) is 5.81. The fourth-order valence-corrected chi connectivity index (χ4v) is 2.24. The molecule has 3 heteroatoms. The maximum Gasteiger partial charge on any atom is 0.161 e. The molecule has 2 aromatic carbocycles. The van der Waals surface area contributed by atoms with E-state index in [4.69, 9.17) is 14.2 Å². The van der Waals surface area contributed by atoms with Crippen molar-refractivity contribution in [2.75, 3.05) is 20.8 Å². The maximum absolute atomic E-state index is 5.73. The molecule has 0 unspecified atom stereocenters. The lowest BCUT2D eigenvalue weighted by molar-refractivity contribution is 0.354. The summed E-state index contributed by atoms with van der Waals surface area (Å²) in [6.45, 7) is 0.612. The average Bonchev–Trinajstić information content (AvgIpc) is 2.45. The molecule has 0 N–H and O–H groups in total. The van der Waals surface area contributed by atoms with Gasteiger partial charge in [0.1, 0.15) is 12.4 Å². The van der Waals surface area contributed by atoms with Crippen LogP contribution < -0.4 is 14.2 Å². The quantitative estimate of drug-likeness (QED) is 0.809. The van der Waals surface area contributed by atoms with Gasteiger partial charge < -0.3 is 14.2 Å². The van der Waals surface area contributed by atoms with Crippen LogP contribution in [0.25, 0.3) is 16.8 Å². The van der Waals surface area contributed by atoms with Crippen molar-refractivity contribution in [1.82, 2.24) is 0 Å². The van der Waals surface area contributed by atoms with Gasteiger partial charge >= 0.3 is 0 Å². The van der Waals surface area contributed by atoms with Crippen LogP contribution in [0, 0.1) is 0 Å². The molecule has 1 aliphatic rings. The minimum Gasteiger partial charge on any atom is -0.493 e. The number of ether oxygens (including phenoxy) is 3. The molecule has 2 aromatic rings. The number of hydrogen-bond acceptors (Lipinski definition) is 3. The topological polar surface area (TPSA) is 27.7 Å². The van der Waals surface area contributed by atoms with Gasteiger partial charge in [-0.05, 0) is 23.6 Å². The largest absolute Gasteiger partial charge is 0.493 e.